The fraction of sp³-hybridized carbons (Fsp3) is 0.500. The molecule has 1 aliphatic rings. The molecule has 15 heavy (non-hydrogen) atoms. The van der Waals surface area contributed by atoms with E-state index in [1.54, 1.807) is 6.07 Å². The number of hydrogen-bond donors (Lipinski definition) is 0. The second kappa shape index (κ2) is 4.32. The quantitative estimate of drug-likeness (QED) is 0.734. The van der Waals surface area contributed by atoms with Crippen LogP contribution in [0.1, 0.15) is 19.4 Å². The van der Waals surface area contributed by atoms with E-state index in [-0.39, 0.29) is 0 Å². The molecule has 1 saturated heterocycles. The first-order valence-corrected chi connectivity index (χ1v) is 5.93. The van der Waals surface area contributed by atoms with Gasteiger partial charge in [0.1, 0.15) is 0 Å². The Morgan fingerprint density at radius 3 is 2.60 bits per heavy atom. The second-order valence-electron chi connectivity index (χ2n) is 4.22. The molecular weight excluding hydrogens is 231 g/mol. The fourth-order valence-corrected chi connectivity index (χ4v) is 2.44. The van der Waals surface area contributed by atoms with Gasteiger partial charge in [-0.2, -0.15) is 0 Å². The fourth-order valence-electron chi connectivity index (χ4n) is 1.95. The lowest BCUT2D eigenvalue weighted by molar-refractivity contribution is 0.328. The summed E-state index contributed by atoms with van der Waals surface area (Å²) in [4.78, 5) is 0. The summed E-state index contributed by atoms with van der Waals surface area (Å²) in [7, 11) is 0. The zero-order valence-electron chi connectivity index (χ0n) is 8.84. The summed E-state index contributed by atoms with van der Waals surface area (Å²) >= 11 is 12.0. The van der Waals surface area contributed by atoms with Crippen molar-refractivity contribution in [2.45, 2.75) is 32.5 Å². The minimum Gasteiger partial charge on any atom is -0.370 e. The van der Waals surface area contributed by atoms with Crippen LogP contribution in [0.4, 0.5) is 0 Å². The van der Waals surface area contributed by atoms with Gasteiger partial charge < -0.3 is 4.74 Å². The third-order valence-electron chi connectivity index (χ3n) is 2.88. The molecule has 3 atom stereocenters. The monoisotopic (exact) mass is 244 g/mol. The number of hydrogen-bond acceptors (Lipinski definition) is 1. The van der Waals surface area contributed by atoms with Crippen molar-refractivity contribution in [3.8, 4) is 0 Å². The van der Waals surface area contributed by atoms with Crippen molar-refractivity contribution in [1.29, 1.82) is 0 Å². The smallest absolute Gasteiger partial charge is 0.0867 e. The highest BCUT2D eigenvalue weighted by Crippen LogP contribution is 2.32. The molecule has 82 valence electrons. The summed E-state index contributed by atoms with van der Waals surface area (Å²) in [6.07, 6.45) is 1.76. The zero-order valence-corrected chi connectivity index (χ0v) is 10.3. The van der Waals surface area contributed by atoms with Crippen molar-refractivity contribution >= 4 is 23.2 Å². The first-order valence-electron chi connectivity index (χ1n) is 5.17. The molecule has 0 saturated carbocycles. The van der Waals surface area contributed by atoms with Crippen molar-refractivity contribution in [3.05, 3.63) is 33.8 Å². The van der Waals surface area contributed by atoms with Crippen molar-refractivity contribution in [2.75, 3.05) is 0 Å². The van der Waals surface area contributed by atoms with Crippen molar-refractivity contribution in [2.24, 2.45) is 5.92 Å². The van der Waals surface area contributed by atoms with E-state index in [9.17, 15) is 0 Å². The van der Waals surface area contributed by atoms with Crippen LogP contribution in [0.2, 0.25) is 10.0 Å². The van der Waals surface area contributed by atoms with E-state index < -0.39 is 0 Å². The molecule has 1 aromatic carbocycles. The third kappa shape index (κ3) is 2.66. The van der Waals surface area contributed by atoms with E-state index >= 15 is 0 Å². The average molecular weight is 245 g/mol. The Hall–Kier alpha value is -0.240. The minimum atomic E-state index is 0.400. The molecule has 3 unspecified atom stereocenters. The van der Waals surface area contributed by atoms with Gasteiger partial charge in [-0.3, -0.25) is 0 Å². The van der Waals surface area contributed by atoms with E-state index in [0.29, 0.717) is 23.1 Å². The zero-order chi connectivity index (χ0) is 11.0. The van der Waals surface area contributed by atoms with E-state index in [1.165, 1.54) is 0 Å². The van der Waals surface area contributed by atoms with Crippen LogP contribution >= 0.6 is 23.2 Å². The Morgan fingerprint density at radius 1 is 1.40 bits per heavy atom. The van der Waals surface area contributed by atoms with Crippen LogP contribution in [-0.2, 0) is 11.2 Å². The van der Waals surface area contributed by atoms with Gasteiger partial charge in [-0.15, -0.1) is 0 Å². The predicted molar refractivity (Wildman–Crippen MR) is 63.7 cm³/mol. The van der Waals surface area contributed by atoms with Crippen LogP contribution in [0, 0.1) is 5.92 Å². The molecule has 0 amide bonds. The highest BCUT2D eigenvalue weighted by atomic mass is 35.5. The molecule has 0 bridgehead atoms. The van der Waals surface area contributed by atoms with Crippen LogP contribution in [-0.4, -0.2) is 12.2 Å². The van der Waals surface area contributed by atoms with Crippen LogP contribution in [0.5, 0.6) is 0 Å². The average Bonchev–Trinajstić information content (AvgIpc) is 2.88. The molecule has 1 aromatic rings. The van der Waals surface area contributed by atoms with Crippen LogP contribution < -0.4 is 0 Å². The highest BCUT2D eigenvalue weighted by molar-refractivity contribution is 6.35. The summed E-state index contributed by atoms with van der Waals surface area (Å²) in [6.45, 7) is 4.30. The SMILES string of the molecule is CC(Cc1ccc(Cl)cc1Cl)C1OC1C. The van der Waals surface area contributed by atoms with E-state index in [2.05, 4.69) is 13.8 Å². The van der Waals surface area contributed by atoms with E-state index in [1.807, 2.05) is 12.1 Å². The maximum atomic E-state index is 6.11. The van der Waals surface area contributed by atoms with Gasteiger partial charge in [-0.1, -0.05) is 36.2 Å². The predicted octanol–water partition coefficient (Wildman–Crippen LogP) is 3.96. The number of benzene rings is 1. The van der Waals surface area contributed by atoms with Gasteiger partial charge >= 0.3 is 0 Å². The van der Waals surface area contributed by atoms with Gasteiger partial charge in [0.05, 0.1) is 12.2 Å². The van der Waals surface area contributed by atoms with Gasteiger partial charge in [-0.05, 0) is 37.0 Å². The van der Waals surface area contributed by atoms with Crippen molar-refractivity contribution in [1.82, 2.24) is 0 Å². The van der Waals surface area contributed by atoms with Crippen LogP contribution in [0.25, 0.3) is 0 Å². The normalized spacial score (nSPS) is 26.4. The molecule has 0 N–H and O–H groups in total. The number of epoxide rings is 1. The molecule has 1 heterocycles. The molecule has 0 spiro atoms. The lowest BCUT2D eigenvalue weighted by atomic mass is 9.97. The summed E-state index contributed by atoms with van der Waals surface area (Å²) in [5, 5.41) is 1.44. The lowest BCUT2D eigenvalue weighted by Crippen LogP contribution is -2.09. The molecule has 0 aliphatic carbocycles. The first-order chi connectivity index (χ1) is 7.08. The molecule has 1 fully saturated rings. The van der Waals surface area contributed by atoms with Gasteiger partial charge in [-0.25, -0.2) is 0 Å². The first kappa shape index (κ1) is 11.3. The summed E-state index contributed by atoms with van der Waals surface area (Å²) in [5.74, 6) is 0.513. The number of rotatable bonds is 3. The van der Waals surface area contributed by atoms with Crippen molar-refractivity contribution in [3.63, 3.8) is 0 Å². The molecule has 1 aliphatic heterocycles. The van der Waals surface area contributed by atoms with Crippen LogP contribution in [0.15, 0.2) is 18.2 Å². The molecule has 0 aromatic heterocycles. The molecule has 1 nitrogen and oxygen atoms in total. The Labute approximate surface area is 100 Å². The van der Waals surface area contributed by atoms with Gasteiger partial charge in [0.15, 0.2) is 0 Å². The number of ether oxygens (including phenoxy) is 1. The summed E-state index contributed by atoms with van der Waals surface area (Å²) < 4.78 is 5.45. The summed E-state index contributed by atoms with van der Waals surface area (Å²) in [6, 6.07) is 5.67. The molecule has 0 radical (unpaired) electrons. The van der Waals surface area contributed by atoms with Crippen molar-refractivity contribution < 1.29 is 4.74 Å². The summed E-state index contributed by atoms with van der Waals surface area (Å²) in [5.41, 5.74) is 1.15. The maximum Gasteiger partial charge on any atom is 0.0867 e. The van der Waals surface area contributed by atoms with Gasteiger partial charge in [0, 0.05) is 10.0 Å². The minimum absolute atomic E-state index is 0.400. The lowest BCUT2D eigenvalue weighted by Gasteiger charge is -2.10. The Morgan fingerprint density at radius 2 is 2.07 bits per heavy atom. The largest absolute Gasteiger partial charge is 0.370 e. The van der Waals surface area contributed by atoms with Gasteiger partial charge in [0.2, 0.25) is 0 Å². The third-order valence-corrected chi connectivity index (χ3v) is 3.46. The molecule has 2 rings (SSSR count). The van der Waals surface area contributed by atoms with Crippen LogP contribution in [0.3, 0.4) is 0 Å². The Balaban J connectivity index is 2.04. The number of halogens is 2. The Bertz CT molecular complexity index is 365. The topological polar surface area (TPSA) is 12.5 Å². The maximum absolute atomic E-state index is 6.11. The molecule has 3 heteroatoms. The van der Waals surface area contributed by atoms with E-state index in [0.717, 1.165) is 17.0 Å². The second-order valence-corrected chi connectivity index (χ2v) is 5.07. The standard InChI is InChI=1S/C12H14Cl2O/c1-7(12-8(2)15-12)5-9-3-4-10(13)6-11(9)14/h3-4,6-8,12H,5H2,1-2H3. The highest BCUT2D eigenvalue weighted by Gasteiger charge is 2.38. The van der Waals surface area contributed by atoms with Gasteiger partial charge in [0.25, 0.3) is 0 Å². The molecular formula is C12H14Cl2O. The van der Waals surface area contributed by atoms with E-state index in [4.69, 9.17) is 27.9 Å². The Kier molecular flexibility index (Phi) is 3.24.